The Bertz CT molecular complexity index is 338. The van der Waals surface area contributed by atoms with Gasteiger partial charge in [0.15, 0.2) is 6.21 Å². The molecule has 0 spiro atoms. The van der Waals surface area contributed by atoms with E-state index in [1.54, 1.807) is 24.3 Å². The summed E-state index contributed by atoms with van der Waals surface area (Å²) in [5.41, 5.74) is -0.937. The lowest BCUT2D eigenvalue weighted by molar-refractivity contribution is -0.558. The van der Waals surface area contributed by atoms with Crippen LogP contribution in [-0.4, -0.2) is 51.6 Å². The van der Waals surface area contributed by atoms with Gasteiger partial charge in [0, 0.05) is 5.56 Å². The number of hydrogen-bond donors (Lipinski definition) is 3. The van der Waals surface area contributed by atoms with Crippen LogP contribution in [0.3, 0.4) is 0 Å². The van der Waals surface area contributed by atoms with E-state index in [2.05, 4.69) is 0 Å². The van der Waals surface area contributed by atoms with Crippen LogP contribution >= 0.6 is 0 Å². The molecule has 0 aliphatic rings. The molecule has 3 N–H and O–H groups in total. The van der Waals surface area contributed by atoms with Gasteiger partial charge in [-0.15, -0.1) is 0 Å². The van der Waals surface area contributed by atoms with E-state index in [4.69, 9.17) is 15.3 Å². The molecule has 16 heavy (non-hydrogen) atoms. The molecular formula is C11H15NO4. The average molecular weight is 225 g/mol. The summed E-state index contributed by atoms with van der Waals surface area (Å²) in [4.78, 5) is 0. The summed E-state index contributed by atoms with van der Waals surface area (Å²) in [5.74, 6) is 0. The summed E-state index contributed by atoms with van der Waals surface area (Å²) >= 11 is 0. The Kier molecular flexibility index (Phi) is 4.42. The maximum atomic E-state index is 11.7. The topological polar surface area (TPSA) is 86.8 Å². The fraction of sp³-hybridized carbons (Fsp3) is 0.364. The predicted octanol–water partition coefficient (Wildman–Crippen LogP) is -0.669. The van der Waals surface area contributed by atoms with Crippen molar-refractivity contribution in [3.05, 3.63) is 41.1 Å². The number of hydrogen-bond acceptors (Lipinski definition) is 4. The molecule has 1 rings (SSSR count). The molecule has 0 aliphatic carbocycles. The molecule has 0 heterocycles. The number of aliphatic hydroxyl groups excluding tert-OH is 3. The van der Waals surface area contributed by atoms with Crippen molar-refractivity contribution in [2.45, 2.75) is 5.54 Å². The summed E-state index contributed by atoms with van der Waals surface area (Å²) in [7, 11) is 0. The fourth-order valence-corrected chi connectivity index (χ4v) is 1.17. The molecule has 0 amide bonds. The van der Waals surface area contributed by atoms with Gasteiger partial charge in [0.25, 0.3) is 0 Å². The minimum absolute atomic E-state index is 0.391. The molecule has 0 unspecified atom stereocenters. The largest absolute Gasteiger partial charge is 0.623 e. The molecule has 88 valence electrons. The lowest BCUT2D eigenvalue weighted by Gasteiger charge is -2.25. The highest BCUT2D eigenvalue weighted by atomic mass is 16.5. The molecule has 0 atom stereocenters. The summed E-state index contributed by atoms with van der Waals surface area (Å²) in [6.45, 7) is -1.85. The van der Waals surface area contributed by atoms with Crippen molar-refractivity contribution in [3.63, 3.8) is 0 Å². The van der Waals surface area contributed by atoms with Crippen LogP contribution in [0.2, 0.25) is 0 Å². The van der Waals surface area contributed by atoms with Crippen LogP contribution in [0.1, 0.15) is 5.56 Å². The first-order valence-electron chi connectivity index (χ1n) is 4.87. The number of hydroxylamine groups is 1. The Morgan fingerprint density at radius 3 is 2.00 bits per heavy atom. The molecule has 0 radical (unpaired) electrons. The van der Waals surface area contributed by atoms with Gasteiger partial charge in [-0.05, 0) is 12.1 Å². The van der Waals surface area contributed by atoms with Crippen molar-refractivity contribution in [2.24, 2.45) is 0 Å². The maximum absolute atomic E-state index is 11.7. The van der Waals surface area contributed by atoms with Crippen LogP contribution < -0.4 is 0 Å². The second kappa shape index (κ2) is 5.60. The van der Waals surface area contributed by atoms with E-state index >= 15 is 0 Å². The summed E-state index contributed by atoms with van der Waals surface area (Å²) in [6.07, 6.45) is 1.22. The summed E-state index contributed by atoms with van der Waals surface area (Å²) in [6, 6.07) is 8.75. The van der Waals surface area contributed by atoms with Crippen LogP contribution in [-0.2, 0) is 0 Å². The first kappa shape index (κ1) is 12.6. The van der Waals surface area contributed by atoms with Gasteiger partial charge < -0.3 is 20.5 Å². The van der Waals surface area contributed by atoms with Crippen LogP contribution in [0.5, 0.6) is 0 Å². The molecule has 0 saturated carbocycles. The second-order valence-electron chi connectivity index (χ2n) is 3.56. The monoisotopic (exact) mass is 225 g/mol. The standard InChI is InChI=1S/C11H15NO4/c13-7-11(8-14,9-15)12(16)6-10-4-2-1-3-5-10/h1-6,13-15H,7-9H2/b12-6-. The Balaban J connectivity index is 2.99. The van der Waals surface area contributed by atoms with Crippen molar-refractivity contribution in [3.8, 4) is 0 Å². The van der Waals surface area contributed by atoms with E-state index in [-0.39, 0.29) is 0 Å². The normalized spacial score (nSPS) is 12.8. The Morgan fingerprint density at radius 2 is 1.56 bits per heavy atom. The third kappa shape index (κ3) is 2.57. The zero-order valence-corrected chi connectivity index (χ0v) is 8.78. The van der Waals surface area contributed by atoms with Crippen molar-refractivity contribution >= 4 is 6.21 Å². The maximum Gasteiger partial charge on any atom is 0.240 e. The van der Waals surface area contributed by atoms with E-state index in [0.29, 0.717) is 10.3 Å². The average Bonchev–Trinajstić information content (AvgIpc) is 2.33. The SMILES string of the molecule is [O-]/[N+](=C\c1ccccc1)C(CO)(CO)CO. The molecule has 1 aromatic carbocycles. The fourth-order valence-electron chi connectivity index (χ4n) is 1.17. The molecule has 1 aromatic rings. The first-order chi connectivity index (χ1) is 7.68. The lowest BCUT2D eigenvalue weighted by atomic mass is 10.0. The van der Waals surface area contributed by atoms with Crippen molar-refractivity contribution in [1.29, 1.82) is 0 Å². The van der Waals surface area contributed by atoms with Gasteiger partial charge >= 0.3 is 0 Å². The number of rotatable bonds is 5. The van der Waals surface area contributed by atoms with Gasteiger partial charge in [-0.3, -0.25) is 0 Å². The minimum Gasteiger partial charge on any atom is -0.623 e. The van der Waals surface area contributed by atoms with E-state index in [1.165, 1.54) is 6.21 Å². The predicted molar refractivity (Wildman–Crippen MR) is 59.2 cm³/mol. The van der Waals surface area contributed by atoms with Crippen molar-refractivity contribution in [2.75, 3.05) is 19.8 Å². The number of benzene rings is 1. The highest BCUT2D eigenvalue weighted by Gasteiger charge is 2.36. The minimum atomic E-state index is -1.57. The molecule has 5 nitrogen and oxygen atoms in total. The highest BCUT2D eigenvalue weighted by molar-refractivity contribution is 5.75. The lowest BCUT2D eigenvalue weighted by Crippen LogP contribution is -2.50. The Morgan fingerprint density at radius 1 is 1.06 bits per heavy atom. The van der Waals surface area contributed by atoms with Gasteiger partial charge in [0.2, 0.25) is 5.54 Å². The van der Waals surface area contributed by atoms with E-state index in [1.807, 2.05) is 6.07 Å². The van der Waals surface area contributed by atoms with Crippen molar-refractivity contribution in [1.82, 2.24) is 0 Å². The zero-order valence-electron chi connectivity index (χ0n) is 8.78. The van der Waals surface area contributed by atoms with Crippen LogP contribution in [0.15, 0.2) is 30.3 Å². The summed E-state index contributed by atoms with van der Waals surface area (Å²) < 4.78 is 0.391. The van der Waals surface area contributed by atoms with Gasteiger partial charge in [-0.25, -0.2) is 0 Å². The van der Waals surface area contributed by atoms with E-state index in [9.17, 15) is 5.21 Å². The molecule has 5 heteroatoms. The number of aliphatic hydroxyl groups is 3. The second-order valence-corrected chi connectivity index (χ2v) is 3.56. The van der Waals surface area contributed by atoms with E-state index in [0.717, 1.165) is 0 Å². The highest BCUT2D eigenvalue weighted by Crippen LogP contribution is 2.08. The molecule has 0 aromatic heterocycles. The third-order valence-electron chi connectivity index (χ3n) is 2.42. The molecule has 0 bridgehead atoms. The molecule has 0 aliphatic heterocycles. The third-order valence-corrected chi connectivity index (χ3v) is 2.42. The Labute approximate surface area is 93.5 Å². The van der Waals surface area contributed by atoms with Gasteiger partial charge in [0.1, 0.15) is 19.8 Å². The molecular weight excluding hydrogens is 210 g/mol. The molecule has 0 saturated heterocycles. The van der Waals surface area contributed by atoms with Gasteiger partial charge in [0.05, 0.1) is 0 Å². The van der Waals surface area contributed by atoms with Gasteiger partial charge in [-0.2, -0.15) is 4.74 Å². The molecule has 0 fully saturated rings. The quantitative estimate of drug-likeness (QED) is 0.268. The Hall–Kier alpha value is -1.43. The van der Waals surface area contributed by atoms with Crippen LogP contribution in [0.25, 0.3) is 0 Å². The van der Waals surface area contributed by atoms with Crippen molar-refractivity contribution < 1.29 is 20.1 Å². The van der Waals surface area contributed by atoms with E-state index < -0.39 is 25.4 Å². The van der Waals surface area contributed by atoms with Gasteiger partial charge in [-0.1, -0.05) is 18.2 Å². The van der Waals surface area contributed by atoms with Crippen LogP contribution in [0.4, 0.5) is 0 Å². The van der Waals surface area contributed by atoms with Crippen LogP contribution in [0, 0.1) is 5.21 Å². The smallest absolute Gasteiger partial charge is 0.240 e. The first-order valence-corrected chi connectivity index (χ1v) is 4.87. The number of nitrogens with zero attached hydrogens (tertiary/aromatic N) is 1. The zero-order chi connectivity index (χ0) is 12.0. The summed E-state index contributed by atoms with van der Waals surface area (Å²) in [5, 5.41) is 38.8.